The average molecular weight is 263 g/mol. The van der Waals surface area contributed by atoms with Crippen LogP contribution in [0.15, 0.2) is 24.5 Å². The topological polar surface area (TPSA) is 50.7 Å². The van der Waals surface area contributed by atoms with Gasteiger partial charge >= 0.3 is 0 Å². The van der Waals surface area contributed by atoms with Gasteiger partial charge in [0.2, 0.25) is 0 Å². The van der Waals surface area contributed by atoms with Crippen molar-refractivity contribution in [2.24, 2.45) is 0 Å². The summed E-state index contributed by atoms with van der Waals surface area (Å²) in [4.78, 5) is 12.4. The second-order valence-corrected chi connectivity index (χ2v) is 4.43. The number of aryl methyl sites for hydroxylation is 1. The molecule has 0 bridgehead atoms. The highest BCUT2D eigenvalue weighted by atomic mass is 35.5. The van der Waals surface area contributed by atoms with Crippen LogP contribution in [0.25, 0.3) is 0 Å². The molecule has 2 aromatic rings. The summed E-state index contributed by atoms with van der Waals surface area (Å²) in [5.41, 5.74) is 2.13. The van der Waals surface area contributed by atoms with Gasteiger partial charge in [0, 0.05) is 24.5 Å². The highest BCUT2D eigenvalue weighted by Crippen LogP contribution is 2.19. The number of hydrogen-bond acceptors (Lipinski definition) is 4. The van der Waals surface area contributed by atoms with Crippen molar-refractivity contribution in [3.63, 3.8) is 0 Å². The monoisotopic (exact) mass is 262 g/mol. The van der Waals surface area contributed by atoms with Gasteiger partial charge in [-0.1, -0.05) is 11.6 Å². The van der Waals surface area contributed by atoms with Crippen LogP contribution < -0.4 is 5.32 Å². The standard InChI is InChI=1S/C13H15ClN4/c1-9-12(14)17-10(2)18-13(9)16-8-5-11-3-6-15-7-4-11/h3-4,6-7H,5,8H2,1-2H3,(H,16,17,18). The Kier molecular flexibility index (Phi) is 4.10. The molecule has 0 unspecified atom stereocenters. The third kappa shape index (κ3) is 3.17. The van der Waals surface area contributed by atoms with Crippen molar-refractivity contribution in [3.05, 3.63) is 46.6 Å². The fourth-order valence-electron chi connectivity index (χ4n) is 1.64. The molecule has 4 nitrogen and oxygen atoms in total. The van der Waals surface area contributed by atoms with Gasteiger partial charge in [-0.3, -0.25) is 4.98 Å². The lowest BCUT2D eigenvalue weighted by Crippen LogP contribution is -2.09. The maximum Gasteiger partial charge on any atom is 0.137 e. The maximum atomic E-state index is 6.02. The molecule has 94 valence electrons. The number of halogens is 1. The molecular formula is C13H15ClN4. The van der Waals surface area contributed by atoms with E-state index >= 15 is 0 Å². The fourth-order valence-corrected chi connectivity index (χ4v) is 1.85. The van der Waals surface area contributed by atoms with E-state index in [9.17, 15) is 0 Å². The molecular weight excluding hydrogens is 248 g/mol. The molecule has 0 saturated heterocycles. The van der Waals surface area contributed by atoms with E-state index in [1.54, 1.807) is 12.4 Å². The number of rotatable bonds is 4. The number of anilines is 1. The van der Waals surface area contributed by atoms with Crippen LogP contribution in [-0.2, 0) is 6.42 Å². The Morgan fingerprint density at radius 1 is 1.17 bits per heavy atom. The van der Waals surface area contributed by atoms with Crippen LogP contribution in [0.5, 0.6) is 0 Å². The van der Waals surface area contributed by atoms with Gasteiger partial charge in [-0.05, 0) is 38.0 Å². The Balaban J connectivity index is 1.99. The van der Waals surface area contributed by atoms with Gasteiger partial charge in [0.1, 0.15) is 16.8 Å². The summed E-state index contributed by atoms with van der Waals surface area (Å²) in [6.45, 7) is 4.55. The summed E-state index contributed by atoms with van der Waals surface area (Å²) in [6, 6.07) is 4.01. The van der Waals surface area contributed by atoms with E-state index in [0.29, 0.717) is 11.0 Å². The number of aromatic nitrogens is 3. The molecule has 0 saturated carbocycles. The molecule has 2 aromatic heterocycles. The second-order valence-electron chi connectivity index (χ2n) is 4.07. The first-order chi connectivity index (χ1) is 8.66. The van der Waals surface area contributed by atoms with Crippen molar-refractivity contribution in [1.29, 1.82) is 0 Å². The predicted octanol–water partition coefficient (Wildman–Crippen LogP) is 2.80. The molecule has 2 rings (SSSR count). The van der Waals surface area contributed by atoms with E-state index in [-0.39, 0.29) is 0 Å². The van der Waals surface area contributed by atoms with Gasteiger partial charge in [-0.2, -0.15) is 0 Å². The first-order valence-electron chi connectivity index (χ1n) is 5.80. The van der Waals surface area contributed by atoms with Crippen LogP contribution in [0.1, 0.15) is 17.0 Å². The van der Waals surface area contributed by atoms with Crippen LogP contribution in [0.3, 0.4) is 0 Å². The van der Waals surface area contributed by atoms with Crippen LogP contribution in [0.2, 0.25) is 5.15 Å². The van der Waals surface area contributed by atoms with Crippen molar-refractivity contribution in [3.8, 4) is 0 Å². The van der Waals surface area contributed by atoms with E-state index in [0.717, 1.165) is 24.3 Å². The summed E-state index contributed by atoms with van der Waals surface area (Å²) < 4.78 is 0. The van der Waals surface area contributed by atoms with Crippen molar-refractivity contribution >= 4 is 17.4 Å². The number of hydrogen-bond donors (Lipinski definition) is 1. The molecule has 0 aromatic carbocycles. The second kappa shape index (κ2) is 5.78. The van der Waals surface area contributed by atoms with Crippen molar-refractivity contribution in [2.45, 2.75) is 20.3 Å². The van der Waals surface area contributed by atoms with Crippen molar-refractivity contribution < 1.29 is 0 Å². The highest BCUT2D eigenvalue weighted by molar-refractivity contribution is 6.30. The minimum atomic E-state index is 0.508. The lowest BCUT2D eigenvalue weighted by molar-refractivity contribution is 0.967. The Morgan fingerprint density at radius 2 is 1.89 bits per heavy atom. The molecule has 0 amide bonds. The average Bonchev–Trinajstić information content (AvgIpc) is 2.36. The van der Waals surface area contributed by atoms with Crippen molar-refractivity contribution in [2.75, 3.05) is 11.9 Å². The molecule has 0 aliphatic rings. The third-order valence-corrected chi connectivity index (χ3v) is 3.02. The van der Waals surface area contributed by atoms with Gasteiger partial charge < -0.3 is 5.32 Å². The van der Waals surface area contributed by atoms with Crippen LogP contribution >= 0.6 is 11.6 Å². The zero-order valence-corrected chi connectivity index (χ0v) is 11.2. The van der Waals surface area contributed by atoms with E-state index < -0.39 is 0 Å². The number of nitrogens with zero attached hydrogens (tertiary/aromatic N) is 3. The SMILES string of the molecule is Cc1nc(Cl)c(C)c(NCCc2ccncc2)n1. The van der Waals surface area contributed by atoms with Crippen LogP contribution in [0, 0.1) is 13.8 Å². The molecule has 2 heterocycles. The Labute approximate surface area is 111 Å². The summed E-state index contributed by atoms with van der Waals surface area (Å²) in [7, 11) is 0. The van der Waals surface area contributed by atoms with E-state index in [4.69, 9.17) is 11.6 Å². The first kappa shape index (κ1) is 12.8. The van der Waals surface area contributed by atoms with Gasteiger partial charge in [0.25, 0.3) is 0 Å². The van der Waals surface area contributed by atoms with E-state index in [1.165, 1.54) is 5.56 Å². The Hall–Kier alpha value is -1.68. The third-order valence-electron chi connectivity index (χ3n) is 2.65. The summed E-state index contributed by atoms with van der Waals surface area (Å²) in [5, 5.41) is 3.80. The zero-order valence-electron chi connectivity index (χ0n) is 10.4. The summed E-state index contributed by atoms with van der Waals surface area (Å²) >= 11 is 6.02. The molecule has 0 aliphatic carbocycles. The summed E-state index contributed by atoms with van der Waals surface area (Å²) in [5.74, 6) is 1.48. The first-order valence-corrected chi connectivity index (χ1v) is 6.18. The van der Waals surface area contributed by atoms with Crippen LogP contribution in [0.4, 0.5) is 5.82 Å². The quantitative estimate of drug-likeness (QED) is 0.861. The van der Waals surface area contributed by atoms with Gasteiger partial charge in [0.05, 0.1) is 0 Å². The molecule has 0 radical (unpaired) electrons. The van der Waals surface area contributed by atoms with E-state index in [2.05, 4.69) is 20.3 Å². The van der Waals surface area contributed by atoms with Gasteiger partial charge in [-0.15, -0.1) is 0 Å². The molecule has 0 atom stereocenters. The van der Waals surface area contributed by atoms with Crippen LogP contribution in [-0.4, -0.2) is 21.5 Å². The molecule has 5 heteroatoms. The predicted molar refractivity (Wildman–Crippen MR) is 72.9 cm³/mol. The molecule has 1 N–H and O–H groups in total. The largest absolute Gasteiger partial charge is 0.369 e. The minimum Gasteiger partial charge on any atom is -0.369 e. The Bertz CT molecular complexity index is 528. The van der Waals surface area contributed by atoms with Gasteiger partial charge in [-0.25, -0.2) is 9.97 Å². The minimum absolute atomic E-state index is 0.508. The maximum absolute atomic E-state index is 6.02. The smallest absolute Gasteiger partial charge is 0.137 e. The van der Waals surface area contributed by atoms with Gasteiger partial charge in [0.15, 0.2) is 0 Å². The number of pyridine rings is 1. The summed E-state index contributed by atoms with van der Waals surface area (Å²) in [6.07, 6.45) is 4.52. The Morgan fingerprint density at radius 3 is 2.61 bits per heavy atom. The molecule has 0 fully saturated rings. The normalized spacial score (nSPS) is 10.4. The highest BCUT2D eigenvalue weighted by Gasteiger charge is 2.06. The molecule has 0 spiro atoms. The zero-order chi connectivity index (χ0) is 13.0. The lowest BCUT2D eigenvalue weighted by atomic mass is 10.2. The van der Waals surface area contributed by atoms with Crippen molar-refractivity contribution in [1.82, 2.24) is 15.0 Å². The molecule has 0 aliphatic heterocycles. The number of nitrogens with one attached hydrogen (secondary N) is 1. The fraction of sp³-hybridized carbons (Fsp3) is 0.308. The molecule has 18 heavy (non-hydrogen) atoms. The van der Waals surface area contributed by atoms with E-state index in [1.807, 2.05) is 26.0 Å². The lowest BCUT2D eigenvalue weighted by Gasteiger charge is -2.10.